The molecule has 0 spiro atoms. The highest BCUT2D eigenvalue weighted by Crippen LogP contribution is 2.30. The van der Waals surface area contributed by atoms with Gasteiger partial charge < -0.3 is 14.7 Å². The molecule has 2 aromatic rings. The molecule has 7 nitrogen and oxygen atoms in total. The topological polar surface area (TPSA) is 65.5 Å². The SMILES string of the molecule is Cc1cc(N2CCN(C)CC2)cc([C@@H]2CCN(C(=O)c3cnc(C)nc3C)C2)n1. The summed E-state index contributed by atoms with van der Waals surface area (Å²) in [5, 5.41) is 0. The van der Waals surface area contributed by atoms with Crippen LogP contribution >= 0.6 is 0 Å². The lowest BCUT2D eigenvalue weighted by molar-refractivity contribution is 0.0789. The Balaban J connectivity index is 1.49. The average Bonchev–Trinajstić information content (AvgIpc) is 3.18. The Bertz CT molecular complexity index is 906. The Hall–Kier alpha value is -2.54. The summed E-state index contributed by atoms with van der Waals surface area (Å²) in [6.45, 7) is 11.5. The maximum absolute atomic E-state index is 13.0. The van der Waals surface area contributed by atoms with Crippen LogP contribution in [0.25, 0.3) is 0 Å². The van der Waals surface area contributed by atoms with Crippen LogP contribution in [0.5, 0.6) is 0 Å². The third-order valence-corrected chi connectivity index (χ3v) is 6.05. The minimum absolute atomic E-state index is 0.0249. The van der Waals surface area contributed by atoms with E-state index in [4.69, 9.17) is 4.98 Å². The Morgan fingerprint density at radius 3 is 2.52 bits per heavy atom. The summed E-state index contributed by atoms with van der Waals surface area (Å²) in [5.41, 5.74) is 4.76. The second-order valence-electron chi connectivity index (χ2n) is 8.33. The number of piperazine rings is 1. The van der Waals surface area contributed by atoms with Crippen molar-refractivity contribution < 1.29 is 4.79 Å². The van der Waals surface area contributed by atoms with Crippen LogP contribution in [0.1, 0.15) is 45.6 Å². The number of aromatic nitrogens is 3. The van der Waals surface area contributed by atoms with Gasteiger partial charge in [0.2, 0.25) is 0 Å². The first-order chi connectivity index (χ1) is 13.9. The van der Waals surface area contributed by atoms with Crippen LogP contribution in [0.3, 0.4) is 0 Å². The van der Waals surface area contributed by atoms with E-state index < -0.39 is 0 Å². The lowest BCUT2D eigenvalue weighted by Crippen LogP contribution is -2.44. The molecule has 0 saturated carbocycles. The lowest BCUT2D eigenvalue weighted by Gasteiger charge is -2.34. The van der Waals surface area contributed by atoms with Gasteiger partial charge in [-0.2, -0.15) is 0 Å². The van der Waals surface area contributed by atoms with Crippen LogP contribution in [0, 0.1) is 20.8 Å². The van der Waals surface area contributed by atoms with Crippen molar-refractivity contribution in [2.24, 2.45) is 0 Å². The van der Waals surface area contributed by atoms with Crippen molar-refractivity contribution in [2.75, 3.05) is 51.2 Å². The van der Waals surface area contributed by atoms with Crippen LogP contribution < -0.4 is 4.90 Å². The van der Waals surface area contributed by atoms with Gasteiger partial charge in [-0.15, -0.1) is 0 Å². The molecule has 4 rings (SSSR count). The zero-order chi connectivity index (χ0) is 20.5. The molecule has 154 valence electrons. The van der Waals surface area contributed by atoms with Gasteiger partial charge in [0, 0.05) is 68.5 Å². The van der Waals surface area contributed by atoms with Gasteiger partial charge in [0.05, 0.1) is 11.3 Å². The molecule has 1 atom stereocenters. The summed E-state index contributed by atoms with van der Waals surface area (Å²) in [7, 11) is 2.17. The number of anilines is 1. The summed E-state index contributed by atoms with van der Waals surface area (Å²) in [4.78, 5) is 33.1. The van der Waals surface area contributed by atoms with E-state index in [9.17, 15) is 4.79 Å². The third kappa shape index (κ3) is 4.24. The van der Waals surface area contributed by atoms with Crippen LogP contribution in [0.15, 0.2) is 18.3 Å². The van der Waals surface area contributed by atoms with E-state index in [1.165, 1.54) is 5.69 Å². The zero-order valence-corrected chi connectivity index (χ0v) is 17.9. The van der Waals surface area contributed by atoms with Crippen molar-refractivity contribution in [1.29, 1.82) is 0 Å². The second-order valence-corrected chi connectivity index (χ2v) is 8.33. The van der Waals surface area contributed by atoms with E-state index >= 15 is 0 Å². The van der Waals surface area contributed by atoms with Gasteiger partial charge in [0.25, 0.3) is 5.91 Å². The maximum atomic E-state index is 13.0. The number of likely N-dealkylation sites (tertiary alicyclic amines) is 1. The van der Waals surface area contributed by atoms with Gasteiger partial charge in [-0.3, -0.25) is 9.78 Å². The Kier molecular flexibility index (Phi) is 5.50. The van der Waals surface area contributed by atoms with Crippen LogP contribution in [-0.4, -0.2) is 77.0 Å². The number of rotatable bonds is 3. The van der Waals surface area contributed by atoms with E-state index in [0.717, 1.165) is 56.2 Å². The molecule has 2 aliphatic rings. The van der Waals surface area contributed by atoms with Gasteiger partial charge in [-0.05, 0) is 46.4 Å². The summed E-state index contributed by atoms with van der Waals surface area (Å²) < 4.78 is 0. The van der Waals surface area contributed by atoms with Gasteiger partial charge in [0.1, 0.15) is 5.82 Å². The summed E-state index contributed by atoms with van der Waals surface area (Å²) in [6, 6.07) is 4.41. The van der Waals surface area contributed by atoms with Crippen molar-refractivity contribution in [2.45, 2.75) is 33.1 Å². The number of likely N-dealkylation sites (N-methyl/N-ethyl adjacent to an activating group) is 1. The number of carbonyl (C=O) groups excluding carboxylic acids is 1. The van der Waals surface area contributed by atoms with Crippen LogP contribution in [0.2, 0.25) is 0 Å². The van der Waals surface area contributed by atoms with Crippen molar-refractivity contribution in [3.8, 4) is 0 Å². The van der Waals surface area contributed by atoms with E-state index in [0.29, 0.717) is 17.9 Å². The minimum Gasteiger partial charge on any atom is -0.369 e. The monoisotopic (exact) mass is 394 g/mol. The quantitative estimate of drug-likeness (QED) is 0.795. The molecule has 7 heteroatoms. The number of pyridine rings is 1. The Labute approximate surface area is 172 Å². The van der Waals surface area contributed by atoms with Crippen LogP contribution in [0.4, 0.5) is 5.69 Å². The molecule has 0 N–H and O–H groups in total. The van der Waals surface area contributed by atoms with E-state index in [-0.39, 0.29) is 11.8 Å². The van der Waals surface area contributed by atoms with E-state index in [1.54, 1.807) is 6.20 Å². The van der Waals surface area contributed by atoms with Gasteiger partial charge in [-0.25, -0.2) is 9.97 Å². The summed E-state index contributed by atoms with van der Waals surface area (Å²) in [6.07, 6.45) is 2.60. The summed E-state index contributed by atoms with van der Waals surface area (Å²) in [5.74, 6) is 0.993. The molecular weight excluding hydrogens is 364 g/mol. The fraction of sp³-hybridized carbons (Fsp3) is 0.545. The van der Waals surface area contributed by atoms with Gasteiger partial charge >= 0.3 is 0 Å². The number of hydrogen-bond acceptors (Lipinski definition) is 6. The minimum atomic E-state index is 0.0249. The van der Waals surface area contributed by atoms with E-state index in [2.05, 4.69) is 45.9 Å². The van der Waals surface area contributed by atoms with Crippen molar-refractivity contribution in [3.63, 3.8) is 0 Å². The molecular formula is C22H30N6O. The van der Waals surface area contributed by atoms with E-state index in [1.807, 2.05) is 18.7 Å². The van der Waals surface area contributed by atoms with Gasteiger partial charge in [-0.1, -0.05) is 0 Å². The molecule has 0 unspecified atom stereocenters. The highest BCUT2D eigenvalue weighted by molar-refractivity contribution is 5.95. The number of nitrogens with zero attached hydrogens (tertiary/aromatic N) is 6. The molecule has 0 aliphatic carbocycles. The fourth-order valence-electron chi connectivity index (χ4n) is 4.28. The molecule has 2 fully saturated rings. The normalized spacial score (nSPS) is 20.3. The third-order valence-electron chi connectivity index (χ3n) is 6.05. The van der Waals surface area contributed by atoms with Crippen molar-refractivity contribution in [3.05, 3.63) is 46.8 Å². The molecule has 0 bridgehead atoms. The molecule has 0 radical (unpaired) electrons. The molecule has 29 heavy (non-hydrogen) atoms. The van der Waals surface area contributed by atoms with Crippen LogP contribution in [-0.2, 0) is 0 Å². The largest absolute Gasteiger partial charge is 0.369 e. The fourth-order valence-corrected chi connectivity index (χ4v) is 4.28. The molecule has 2 aliphatic heterocycles. The predicted molar refractivity (Wildman–Crippen MR) is 113 cm³/mol. The standard InChI is InChI=1S/C22H30N6O/c1-15-11-19(27-9-7-26(4)8-10-27)12-21(24-15)18-5-6-28(14-18)22(29)20-13-23-17(3)25-16(20)2/h11-13,18H,5-10,14H2,1-4H3/t18-/m1/s1. The summed E-state index contributed by atoms with van der Waals surface area (Å²) >= 11 is 0. The predicted octanol–water partition coefficient (Wildman–Crippen LogP) is 2.18. The molecule has 0 aromatic carbocycles. The molecule has 2 saturated heterocycles. The smallest absolute Gasteiger partial charge is 0.257 e. The second kappa shape index (κ2) is 8.06. The average molecular weight is 395 g/mol. The highest BCUT2D eigenvalue weighted by Gasteiger charge is 2.30. The van der Waals surface area contributed by atoms with Crippen molar-refractivity contribution in [1.82, 2.24) is 24.8 Å². The first-order valence-corrected chi connectivity index (χ1v) is 10.4. The number of amides is 1. The number of aryl methyl sites for hydroxylation is 3. The maximum Gasteiger partial charge on any atom is 0.257 e. The molecule has 2 aromatic heterocycles. The first kappa shape index (κ1) is 19.8. The van der Waals surface area contributed by atoms with Gasteiger partial charge in [0.15, 0.2) is 0 Å². The number of hydrogen-bond donors (Lipinski definition) is 0. The first-order valence-electron chi connectivity index (χ1n) is 10.4. The Morgan fingerprint density at radius 1 is 1.03 bits per heavy atom. The molecule has 1 amide bonds. The van der Waals surface area contributed by atoms with Crippen molar-refractivity contribution >= 4 is 11.6 Å². The number of carbonyl (C=O) groups is 1. The highest BCUT2D eigenvalue weighted by atomic mass is 16.2. The Morgan fingerprint density at radius 2 is 1.79 bits per heavy atom. The molecule has 4 heterocycles. The lowest BCUT2D eigenvalue weighted by atomic mass is 10.0. The zero-order valence-electron chi connectivity index (χ0n) is 17.9.